The quantitative estimate of drug-likeness (QED) is 0.399. The largest absolute Gasteiger partial charge is 0.306 e. The van der Waals surface area contributed by atoms with Gasteiger partial charge >= 0.3 is 0 Å². The van der Waals surface area contributed by atoms with Crippen LogP contribution >= 0.6 is 11.8 Å². The van der Waals surface area contributed by atoms with Crippen molar-refractivity contribution >= 4 is 55.4 Å². The van der Waals surface area contributed by atoms with E-state index in [1.807, 2.05) is 24.0 Å². The smallest absolute Gasteiger partial charge is 0.230 e. The molecule has 0 bridgehead atoms. The third-order valence-corrected chi connectivity index (χ3v) is 2.76. The van der Waals surface area contributed by atoms with Crippen LogP contribution in [0.15, 0.2) is 12.3 Å². The zero-order valence-corrected chi connectivity index (χ0v) is 8.64. The molecule has 10 heavy (non-hydrogen) atoms. The Morgan fingerprint density at radius 2 is 2.50 bits per heavy atom. The number of rotatable bonds is 0. The Balaban J connectivity index is 0.000000500. The summed E-state index contributed by atoms with van der Waals surface area (Å²) in [5.41, 5.74) is 0. The molecule has 50 valence electrons. The minimum atomic E-state index is 0. The van der Waals surface area contributed by atoms with Crippen LogP contribution in [0.5, 0.6) is 0 Å². The molecule has 1 atom stereocenters. The first-order valence-corrected chi connectivity index (χ1v) is 4.02. The molecule has 2 aliphatic heterocycles. The number of amides is 1. The molecule has 0 saturated carbocycles. The van der Waals surface area contributed by atoms with Gasteiger partial charge in [0, 0.05) is 49.7 Å². The van der Waals surface area contributed by atoms with E-state index in [0.29, 0.717) is 5.37 Å². The van der Waals surface area contributed by atoms with Crippen LogP contribution < -0.4 is 0 Å². The van der Waals surface area contributed by atoms with E-state index < -0.39 is 0 Å². The Morgan fingerprint density at radius 1 is 1.70 bits per heavy atom. The van der Waals surface area contributed by atoms with E-state index >= 15 is 0 Å². The molecule has 0 aromatic heterocycles. The predicted octanol–water partition coefficient (Wildman–Crippen LogP) is 0.424. The number of hydrogen-bond donors (Lipinski definition) is 0. The van der Waals surface area contributed by atoms with Gasteiger partial charge in [0.15, 0.2) is 0 Å². The molecule has 0 aromatic rings. The topological polar surface area (TPSA) is 20.3 Å². The van der Waals surface area contributed by atoms with Crippen molar-refractivity contribution in [2.75, 3.05) is 5.75 Å². The molecule has 0 unspecified atom stereocenters. The van der Waals surface area contributed by atoms with E-state index in [-0.39, 0.29) is 43.6 Å². The van der Waals surface area contributed by atoms with Crippen LogP contribution in [0.3, 0.4) is 0 Å². The van der Waals surface area contributed by atoms with Crippen LogP contribution in [0.4, 0.5) is 0 Å². The van der Waals surface area contributed by atoms with Crippen LogP contribution in [-0.2, 0) is 4.79 Å². The van der Waals surface area contributed by atoms with Crippen molar-refractivity contribution in [3.8, 4) is 0 Å². The average Bonchev–Trinajstić information content (AvgIpc) is 1.86. The number of carbonyl (C=O) groups is 1. The number of fused-ring (bicyclic) bond motifs is 1. The molecule has 0 N–H and O–H groups in total. The summed E-state index contributed by atoms with van der Waals surface area (Å²) in [6.45, 7) is 0. The van der Waals surface area contributed by atoms with Gasteiger partial charge in [-0.1, -0.05) is 6.08 Å². The summed E-state index contributed by atoms with van der Waals surface area (Å²) in [7, 11) is 0. The fourth-order valence-electron chi connectivity index (χ4n) is 1.04. The van der Waals surface area contributed by atoms with Crippen molar-refractivity contribution in [2.24, 2.45) is 0 Å². The van der Waals surface area contributed by atoms with Crippen molar-refractivity contribution in [3.05, 3.63) is 12.3 Å². The number of carbonyl (C=O) groups excluding carboxylic acids is 1. The molecule has 2 heterocycles. The molecular formula is C6H7CaNOS. The zero-order chi connectivity index (χ0) is 6.27. The maximum absolute atomic E-state index is 10.7. The Bertz CT molecular complexity index is 183. The normalized spacial score (nSPS) is 28.6. The molecule has 1 saturated heterocycles. The van der Waals surface area contributed by atoms with Gasteiger partial charge < -0.3 is 4.90 Å². The monoisotopic (exact) mass is 181 g/mol. The summed E-state index contributed by atoms with van der Waals surface area (Å²) < 4.78 is 0. The first kappa shape index (κ1) is 8.91. The zero-order valence-electron chi connectivity index (χ0n) is 5.62. The van der Waals surface area contributed by atoms with Crippen molar-refractivity contribution in [1.82, 2.24) is 4.90 Å². The van der Waals surface area contributed by atoms with Crippen LogP contribution in [0.2, 0.25) is 0 Å². The van der Waals surface area contributed by atoms with E-state index in [2.05, 4.69) is 0 Å². The van der Waals surface area contributed by atoms with Gasteiger partial charge in [-0.15, -0.1) is 11.8 Å². The molecule has 2 nitrogen and oxygen atoms in total. The first-order valence-electron chi connectivity index (χ1n) is 2.97. The van der Waals surface area contributed by atoms with Gasteiger partial charge in [-0.05, 0) is 0 Å². The summed E-state index contributed by atoms with van der Waals surface area (Å²) in [5.74, 6) is 1.33. The predicted molar refractivity (Wildman–Crippen MR) is 42.6 cm³/mol. The van der Waals surface area contributed by atoms with Crippen molar-refractivity contribution in [1.29, 1.82) is 0 Å². The molecule has 0 aromatic carbocycles. The van der Waals surface area contributed by atoms with Crippen LogP contribution in [0, 0.1) is 0 Å². The SMILES string of the molecule is O=C1C[C@H]2SCC=CN12.[Ca]. The molecule has 2 aliphatic rings. The number of β-lactam (4-membered cyclic amide) rings is 1. The average molecular weight is 181 g/mol. The fourth-order valence-corrected chi connectivity index (χ4v) is 2.07. The Labute approximate surface area is 94.0 Å². The van der Waals surface area contributed by atoms with Gasteiger partial charge in [0.25, 0.3) is 0 Å². The van der Waals surface area contributed by atoms with Crippen LogP contribution in [-0.4, -0.2) is 59.7 Å². The van der Waals surface area contributed by atoms with Crippen LogP contribution in [0.25, 0.3) is 0 Å². The van der Waals surface area contributed by atoms with Crippen molar-refractivity contribution < 1.29 is 4.79 Å². The van der Waals surface area contributed by atoms with E-state index in [1.54, 1.807) is 4.90 Å². The third-order valence-electron chi connectivity index (χ3n) is 1.60. The second-order valence-electron chi connectivity index (χ2n) is 2.18. The molecule has 4 heteroatoms. The minimum Gasteiger partial charge on any atom is -0.306 e. The summed E-state index contributed by atoms with van der Waals surface area (Å²) in [4.78, 5) is 12.5. The standard InChI is InChI=1S/C6H7NOS.Ca/c8-5-4-6-7(5)2-1-3-9-6;/h1-2,6H,3-4H2;/t6-;/m1./s1. The molecule has 0 aliphatic carbocycles. The van der Waals surface area contributed by atoms with Gasteiger partial charge in [0.1, 0.15) is 0 Å². The second kappa shape index (κ2) is 3.48. The molecule has 0 spiro atoms. The number of hydrogen-bond acceptors (Lipinski definition) is 2. The number of nitrogens with zero attached hydrogens (tertiary/aromatic N) is 1. The Kier molecular flexibility index (Phi) is 3.10. The summed E-state index contributed by atoms with van der Waals surface area (Å²) in [5, 5.41) is 0.475. The van der Waals surface area contributed by atoms with Gasteiger partial charge in [-0.3, -0.25) is 4.79 Å². The van der Waals surface area contributed by atoms with E-state index in [0.717, 1.165) is 12.2 Å². The summed E-state index contributed by atoms with van der Waals surface area (Å²) >= 11 is 1.84. The second-order valence-corrected chi connectivity index (χ2v) is 3.39. The van der Waals surface area contributed by atoms with Crippen LogP contribution in [0.1, 0.15) is 6.42 Å². The van der Waals surface area contributed by atoms with Gasteiger partial charge in [-0.25, -0.2) is 0 Å². The maximum atomic E-state index is 10.7. The Morgan fingerprint density at radius 3 is 3.00 bits per heavy atom. The molecule has 1 amide bonds. The van der Waals surface area contributed by atoms with E-state index in [1.165, 1.54) is 0 Å². The maximum Gasteiger partial charge on any atom is 0.230 e. The van der Waals surface area contributed by atoms with Gasteiger partial charge in [0.2, 0.25) is 5.91 Å². The minimum absolute atomic E-state index is 0. The number of thioether (sulfide) groups is 1. The summed E-state index contributed by atoms with van der Waals surface area (Å²) in [6.07, 6.45) is 4.67. The van der Waals surface area contributed by atoms with Gasteiger partial charge in [-0.2, -0.15) is 0 Å². The molecule has 2 radical (unpaired) electrons. The molecule has 2 rings (SSSR count). The molecular weight excluding hydrogens is 174 g/mol. The Hall–Kier alpha value is 0.820. The van der Waals surface area contributed by atoms with E-state index in [4.69, 9.17) is 0 Å². The van der Waals surface area contributed by atoms with E-state index in [9.17, 15) is 4.79 Å². The third kappa shape index (κ3) is 1.37. The fraction of sp³-hybridized carbons (Fsp3) is 0.500. The van der Waals surface area contributed by atoms with Gasteiger partial charge in [0.05, 0.1) is 11.8 Å². The van der Waals surface area contributed by atoms with Crippen molar-refractivity contribution in [3.63, 3.8) is 0 Å². The molecule has 1 fully saturated rings. The summed E-state index contributed by atoms with van der Waals surface area (Å²) in [6, 6.07) is 0. The van der Waals surface area contributed by atoms with Crippen molar-refractivity contribution in [2.45, 2.75) is 11.8 Å². The first-order chi connectivity index (χ1) is 4.38.